The van der Waals surface area contributed by atoms with Gasteiger partial charge in [0, 0.05) is 0 Å². The Labute approximate surface area is 165 Å². The van der Waals surface area contributed by atoms with Crippen LogP contribution >= 0.6 is 15.9 Å². The minimum atomic E-state index is -1.66. The van der Waals surface area contributed by atoms with E-state index in [1.165, 1.54) is 13.8 Å². The van der Waals surface area contributed by atoms with E-state index < -0.39 is 47.5 Å². The van der Waals surface area contributed by atoms with Crippen molar-refractivity contribution >= 4 is 44.7 Å². The number of carbonyl (C=O) groups excluding carboxylic acids is 1. The summed E-state index contributed by atoms with van der Waals surface area (Å²) in [5, 5.41) is 30.2. The second-order valence-electron chi connectivity index (χ2n) is 7.01. The van der Waals surface area contributed by atoms with Gasteiger partial charge < -0.3 is 36.5 Å². The number of fused-ring (bicyclic) bond motifs is 1. The van der Waals surface area contributed by atoms with Crippen LogP contribution < -0.4 is 17.2 Å². The molecule has 1 fully saturated rings. The van der Waals surface area contributed by atoms with Crippen LogP contribution in [0.4, 0.5) is 5.82 Å². The lowest BCUT2D eigenvalue weighted by atomic mass is 9.83. The van der Waals surface area contributed by atoms with Crippen molar-refractivity contribution in [2.24, 2.45) is 11.1 Å². The fourth-order valence-electron chi connectivity index (χ4n) is 3.25. The third kappa shape index (κ3) is 2.78. The van der Waals surface area contributed by atoms with Crippen molar-refractivity contribution in [3.63, 3.8) is 0 Å². The van der Waals surface area contributed by atoms with E-state index in [0.717, 1.165) is 4.57 Å². The highest BCUT2D eigenvalue weighted by Gasteiger charge is 2.54. The van der Waals surface area contributed by atoms with E-state index in [2.05, 4.69) is 25.9 Å². The number of ether oxygens (including phenoxy) is 1. The second kappa shape index (κ2) is 6.55. The lowest BCUT2D eigenvalue weighted by molar-refractivity contribution is -0.161. The van der Waals surface area contributed by atoms with Crippen molar-refractivity contribution in [2.45, 2.75) is 38.4 Å². The molecule has 3 heterocycles. The van der Waals surface area contributed by atoms with Crippen LogP contribution in [0.2, 0.25) is 0 Å². The molecule has 1 saturated heterocycles. The summed E-state index contributed by atoms with van der Waals surface area (Å²) in [4.78, 5) is 42.1. The lowest BCUT2D eigenvalue weighted by Gasteiger charge is -2.28. The van der Waals surface area contributed by atoms with Crippen molar-refractivity contribution in [3.05, 3.63) is 20.7 Å². The Morgan fingerprint density at radius 3 is 2.46 bits per heavy atom. The number of aliphatic carboxylic acids is 1. The van der Waals surface area contributed by atoms with E-state index in [9.17, 15) is 29.7 Å². The predicted molar refractivity (Wildman–Crippen MR) is 98.3 cm³/mol. The number of aromatic nitrogens is 3. The number of primary amides is 1. The molecule has 0 radical (unpaired) electrons. The van der Waals surface area contributed by atoms with Crippen LogP contribution in [0.3, 0.4) is 0 Å². The van der Waals surface area contributed by atoms with Gasteiger partial charge >= 0.3 is 11.7 Å². The van der Waals surface area contributed by atoms with Crippen LogP contribution in [-0.4, -0.2) is 60.0 Å². The van der Waals surface area contributed by atoms with Crippen LogP contribution in [0, 0.1) is 5.41 Å². The lowest BCUT2D eigenvalue weighted by Crippen LogP contribution is -2.45. The number of nitrogen functional groups attached to an aromatic ring is 1. The Bertz CT molecular complexity index is 1050. The first-order chi connectivity index (χ1) is 12.9. The molecule has 0 saturated carbocycles. The van der Waals surface area contributed by atoms with E-state index in [-0.39, 0.29) is 27.0 Å². The number of H-pyrrole nitrogens is 1. The van der Waals surface area contributed by atoms with E-state index in [1.807, 2.05) is 0 Å². The van der Waals surface area contributed by atoms with Crippen LogP contribution in [0.25, 0.3) is 11.0 Å². The molecule has 0 aliphatic carbocycles. The van der Waals surface area contributed by atoms with Crippen molar-refractivity contribution < 1.29 is 29.6 Å². The molecule has 1 aliphatic heterocycles. The van der Waals surface area contributed by atoms with E-state index in [0.29, 0.717) is 0 Å². The van der Waals surface area contributed by atoms with Gasteiger partial charge in [-0.25, -0.2) is 9.36 Å². The minimum Gasteiger partial charge on any atom is -0.481 e. The van der Waals surface area contributed by atoms with Crippen molar-refractivity contribution in [1.82, 2.24) is 14.5 Å². The third-order valence-corrected chi connectivity index (χ3v) is 5.45. The zero-order chi connectivity index (χ0) is 21.1. The number of carboxylic acid groups (broad SMARTS) is 1. The average molecular weight is 460 g/mol. The Balaban J connectivity index is 2.22. The maximum Gasteiger partial charge on any atom is 0.353 e. The molecule has 1 amide bonds. The summed E-state index contributed by atoms with van der Waals surface area (Å²) in [6, 6.07) is 0. The Morgan fingerprint density at radius 2 is 1.93 bits per heavy atom. The molecule has 12 nitrogen and oxygen atoms in total. The van der Waals surface area contributed by atoms with Crippen LogP contribution in [0.5, 0.6) is 0 Å². The maximum absolute atomic E-state index is 12.5. The van der Waals surface area contributed by atoms with Gasteiger partial charge in [0.1, 0.15) is 29.8 Å². The predicted octanol–water partition coefficient (Wildman–Crippen LogP) is -1.10. The molecule has 13 heteroatoms. The largest absolute Gasteiger partial charge is 0.481 e. The maximum atomic E-state index is 12.5. The molecule has 4 atom stereocenters. The summed E-state index contributed by atoms with van der Waals surface area (Å²) < 4.78 is 6.57. The first-order valence-electron chi connectivity index (χ1n) is 8.03. The number of aliphatic hydroxyl groups is 2. The normalized spacial score (nSPS) is 25.3. The monoisotopic (exact) mass is 459 g/mol. The summed E-state index contributed by atoms with van der Waals surface area (Å²) in [6.45, 7) is 2.63. The highest BCUT2D eigenvalue weighted by Crippen LogP contribution is 2.40. The smallest absolute Gasteiger partial charge is 0.353 e. The number of carbonyl (C=O) groups is 2. The molecule has 1 aliphatic rings. The van der Waals surface area contributed by atoms with Gasteiger partial charge in [-0.3, -0.25) is 9.59 Å². The number of anilines is 1. The second-order valence-corrected chi connectivity index (χ2v) is 7.80. The Hall–Kier alpha value is -2.48. The van der Waals surface area contributed by atoms with Gasteiger partial charge in [-0.05, 0) is 29.8 Å². The summed E-state index contributed by atoms with van der Waals surface area (Å²) in [6.07, 6.45) is -6.09. The van der Waals surface area contributed by atoms with Gasteiger partial charge in [-0.2, -0.15) is 4.98 Å². The Morgan fingerprint density at radius 1 is 1.32 bits per heavy atom. The van der Waals surface area contributed by atoms with Gasteiger partial charge in [-0.1, -0.05) is 0 Å². The number of hydrogen-bond acceptors (Lipinski definition) is 8. The first kappa shape index (κ1) is 20.3. The molecule has 2 aromatic rings. The van der Waals surface area contributed by atoms with Gasteiger partial charge in [0.25, 0.3) is 5.91 Å². The molecule has 8 N–H and O–H groups in total. The fourth-order valence-corrected chi connectivity index (χ4v) is 3.84. The number of carboxylic acids is 1. The fraction of sp³-hybridized carbons (Fsp3) is 0.467. The van der Waals surface area contributed by atoms with Crippen molar-refractivity contribution in [3.8, 4) is 0 Å². The molecule has 3 rings (SSSR count). The highest BCUT2D eigenvalue weighted by atomic mass is 79.9. The van der Waals surface area contributed by atoms with Crippen LogP contribution in [-0.2, 0) is 9.53 Å². The Kier molecular flexibility index (Phi) is 4.74. The molecule has 0 aromatic carbocycles. The molecule has 28 heavy (non-hydrogen) atoms. The quantitative estimate of drug-likeness (QED) is 0.327. The summed E-state index contributed by atoms with van der Waals surface area (Å²) in [5.41, 5.74) is 8.50. The molecule has 0 unspecified atom stereocenters. The first-order valence-corrected chi connectivity index (χ1v) is 8.82. The molecule has 2 aromatic heterocycles. The number of nitrogens with zero attached hydrogens (tertiary/aromatic N) is 2. The minimum absolute atomic E-state index is 0.0187. The molecule has 0 spiro atoms. The number of rotatable bonds is 4. The van der Waals surface area contributed by atoms with Gasteiger partial charge in [0.05, 0.1) is 21.0 Å². The number of nitrogens with one attached hydrogen (secondary N) is 1. The topological polar surface area (TPSA) is 207 Å². The summed E-state index contributed by atoms with van der Waals surface area (Å²) in [5.74, 6) is -2.40. The number of nitrogens with two attached hydrogens (primary N) is 2. The van der Waals surface area contributed by atoms with Crippen LogP contribution in [0.15, 0.2) is 9.40 Å². The van der Waals surface area contributed by atoms with E-state index in [4.69, 9.17) is 16.2 Å². The summed E-state index contributed by atoms with van der Waals surface area (Å²) in [7, 11) is 0. The number of aliphatic hydroxyl groups excluding tert-OH is 2. The molecular weight excluding hydrogens is 442 g/mol. The molecule has 0 bridgehead atoms. The van der Waals surface area contributed by atoms with Crippen LogP contribution in [0.1, 0.15) is 30.4 Å². The SMILES string of the molecule is CC(C)(C(=O)O)[C@@H]1O[C@H](n2c(=O)nc(N)c3c(C(N)=O)c(Br)[nH]c32)[C@H](O)[C@H]1O. The van der Waals surface area contributed by atoms with Gasteiger partial charge in [0.2, 0.25) is 0 Å². The number of amides is 1. The molecule has 152 valence electrons. The zero-order valence-corrected chi connectivity index (χ0v) is 16.3. The van der Waals surface area contributed by atoms with Gasteiger partial charge in [0.15, 0.2) is 6.23 Å². The van der Waals surface area contributed by atoms with Gasteiger partial charge in [-0.15, -0.1) is 0 Å². The van der Waals surface area contributed by atoms with Crippen molar-refractivity contribution in [1.29, 1.82) is 0 Å². The number of aromatic amines is 1. The number of hydrogen-bond donors (Lipinski definition) is 6. The van der Waals surface area contributed by atoms with E-state index >= 15 is 0 Å². The zero-order valence-electron chi connectivity index (χ0n) is 14.7. The van der Waals surface area contributed by atoms with Crippen molar-refractivity contribution in [2.75, 3.05) is 5.73 Å². The van der Waals surface area contributed by atoms with E-state index in [1.54, 1.807) is 0 Å². The average Bonchev–Trinajstić information content (AvgIpc) is 3.07. The highest BCUT2D eigenvalue weighted by molar-refractivity contribution is 9.10. The number of halogens is 1. The summed E-state index contributed by atoms with van der Waals surface area (Å²) >= 11 is 3.12. The standard InChI is InChI=1S/C15H18BrN5O7/c1-15(2,13(25)26)7-5(22)6(23)12(28-7)21-11-4(9(17)20-14(21)27)3(10(18)24)8(16)19-11/h5-7,12,19,22-23H,1-2H3,(H2,18,24)(H,25,26)(H2,17,20,27)/t5-,6-,7-,12+/m1/s1. The third-order valence-electron chi connectivity index (χ3n) is 4.86. The molecular formula is C15H18BrN5O7.